The molecule has 1 aromatic carbocycles. The number of carbonyl (C=O) groups is 1. The second-order valence-electron chi connectivity index (χ2n) is 3.64. The molecule has 3 N–H and O–H groups in total. The van der Waals surface area contributed by atoms with Crippen molar-refractivity contribution >= 4 is 17.5 Å². The Morgan fingerprint density at radius 2 is 2.21 bits per heavy atom. The van der Waals surface area contributed by atoms with Gasteiger partial charge >= 0.3 is 0 Å². The molecule has 0 bridgehead atoms. The third-order valence-electron chi connectivity index (χ3n) is 2.21. The first-order chi connectivity index (χ1) is 9.19. The van der Waals surface area contributed by atoms with E-state index in [0.29, 0.717) is 23.6 Å². The number of hydrogen-bond donors (Lipinski definition) is 2. The smallest absolute Gasteiger partial charge is 0.258 e. The van der Waals surface area contributed by atoms with Gasteiger partial charge in [0, 0.05) is 17.3 Å². The number of carbonyl (C=O) groups excluding carboxylic acids is 1. The SMILES string of the molecule is CCOc1cc(N)cc(C(=O)Nc2nccnn2)c1. The fraction of sp³-hybridized carbons (Fsp3) is 0.167. The molecule has 0 spiro atoms. The summed E-state index contributed by atoms with van der Waals surface area (Å²) in [5, 5.41) is 9.81. The number of nitrogen functional groups attached to an aromatic ring is 1. The lowest BCUT2D eigenvalue weighted by molar-refractivity contribution is 0.102. The van der Waals surface area contributed by atoms with Crippen LogP contribution in [-0.2, 0) is 0 Å². The number of amides is 1. The molecule has 1 aromatic heterocycles. The highest BCUT2D eigenvalue weighted by molar-refractivity contribution is 6.04. The summed E-state index contributed by atoms with van der Waals surface area (Å²) in [7, 11) is 0. The van der Waals surface area contributed by atoms with E-state index in [1.807, 2.05) is 6.92 Å². The van der Waals surface area contributed by atoms with Crippen LogP contribution in [0.15, 0.2) is 30.6 Å². The van der Waals surface area contributed by atoms with Crippen LogP contribution in [0.25, 0.3) is 0 Å². The number of nitrogens with one attached hydrogen (secondary N) is 1. The molecular weight excluding hydrogens is 246 g/mol. The molecule has 0 atom stereocenters. The summed E-state index contributed by atoms with van der Waals surface area (Å²) in [5.41, 5.74) is 6.54. The van der Waals surface area contributed by atoms with Crippen molar-refractivity contribution in [2.24, 2.45) is 0 Å². The van der Waals surface area contributed by atoms with Crippen molar-refractivity contribution in [3.8, 4) is 5.75 Å². The van der Waals surface area contributed by atoms with Crippen molar-refractivity contribution in [1.29, 1.82) is 0 Å². The topological polar surface area (TPSA) is 103 Å². The number of anilines is 2. The number of nitrogens with two attached hydrogens (primary N) is 1. The van der Waals surface area contributed by atoms with Crippen molar-refractivity contribution < 1.29 is 9.53 Å². The van der Waals surface area contributed by atoms with Crippen molar-refractivity contribution in [2.75, 3.05) is 17.7 Å². The molecule has 0 aliphatic rings. The lowest BCUT2D eigenvalue weighted by Crippen LogP contribution is -2.15. The van der Waals surface area contributed by atoms with Gasteiger partial charge in [0.1, 0.15) is 5.75 Å². The van der Waals surface area contributed by atoms with Gasteiger partial charge in [-0.1, -0.05) is 0 Å². The minimum atomic E-state index is -0.374. The Morgan fingerprint density at radius 3 is 2.89 bits per heavy atom. The quantitative estimate of drug-likeness (QED) is 0.797. The number of hydrogen-bond acceptors (Lipinski definition) is 6. The van der Waals surface area contributed by atoms with E-state index in [1.165, 1.54) is 12.4 Å². The van der Waals surface area contributed by atoms with E-state index in [2.05, 4.69) is 20.5 Å². The van der Waals surface area contributed by atoms with E-state index in [1.54, 1.807) is 18.2 Å². The molecule has 7 heteroatoms. The van der Waals surface area contributed by atoms with Crippen LogP contribution in [0, 0.1) is 0 Å². The zero-order valence-electron chi connectivity index (χ0n) is 10.3. The molecule has 0 unspecified atom stereocenters. The summed E-state index contributed by atoms with van der Waals surface area (Å²) in [6, 6.07) is 4.81. The van der Waals surface area contributed by atoms with E-state index < -0.39 is 0 Å². The van der Waals surface area contributed by atoms with Crippen molar-refractivity contribution in [1.82, 2.24) is 15.2 Å². The highest BCUT2D eigenvalue weighted by atomic mass is 16.5. The summed E-state index contributed by atoms with van der Waals surface area (Å²) in [6.07, 6.45) is 2.86. The van der Waals surface area contributed by atoms with E-state index in [0.717, 1.165) is 0 Å². The summed E-state index contributed by atoms with van der Waals surface area (Å²) in [6.45, 7) is 2.35. The van der Waals surface area contributed by atoms with E-state index in [-0.39, 0.29) is 11.9 Å². The molecule has 7 nitrogen and oxygen atoms in total. The van der Waals surface area contributed by atoms with Crippen LogP contribution in [0.5, 0.6) is 5.75 Å². The second-order valence-corrected chi connectivity index (χ2v) is 3.64. The highest BCUT2D eigenvalue weighted by Gasteiger charge is 2.10. The molecule has 0 aliphatic heterocycles. The van der Waals surface area contributed by atoms with Crippen LogP contribution in [0.2, 0.25) is 0 Å². The second kappa shape index (κ2) is 5.76. The largest absolute Gasteiger partial charge is 0.494 e. The Bertz CT molecular complexity index is 574. The van der Waals surface area contributed by atoms with Crippen LogP contribution in [0.4, 0.5) is 11.6 Å². The average molecular weight is 259 g/mol. The van der Waals surface area contributed by atoms with Gasteiger partial charge in [-0.05, 0) is 19.1 Å². The van der Waals surface area contributed by atoms with Gasteiger partial charge in [0.25, 0.3) is 5.91 Å². The molecule has 2 aromatic rings. The Kier molecular flexibility index (Phi) is 3.87. The zero-order chi connectivity index (χ0) is 13.7. The number of ether oxygens (including phenoxy) is 1. The monoisotopic (exact) mass is 259 g/mol. The first-order valence-corrected chi connectivity index (χ1v) is 5.67. The summed E-state index contributed by atoms with van der Waals surface area (Å²) in [5.74, 6) is 0.300. The first-order valence-electron chi connectivity index (χ1n) is 5.67. The average Bonchev–Trinajstić information content (AvgIpc) is 2.39. The predicted octanol–water partition coefficient (Wildman–Crippen LogP) is 1.10. The molecule has 0 radical (unpaired) electrons. The molecule has 0 aliphatic carbocycles. The number of aromatic nitrogens is 3. The Morgan fingerprint density at radius 1 is 1.37 bits per heavy atom. The van der Waals surface area contributed by atoms with E-state index in [9.17, 15) is 4.79 Å². The standard InChI is InChI=1S/C12H13N5O2/c1-2-19-10-6-8(5-9(13)7-10)11(18)16-12-14-3-4-15-17-12/h3-7H,2,13H2,1H3,(H,14,16,17,18). The summed E-state index contributed by atoms with van der Waals surface area (Å²) >= 11 is 0. The van der Waals surface area contributed by atoms with Crippen LogP contribution < -0.4 is 15.8 Å². The lowest BCUT2D eigenvalue weighted by atomic mass is 10.2. The van der Waals surface area contributed by atoms with Gasteiger partial charge in [0.2, 0.25) is 5.95 Å². The fourth-order valence-electron chi connectivity index (χ4n) is 1.48. The third kappa shape index (κ3) is 3.38. The minimum Gasteiger partial charge on any atom is -0.494 e. The highest BCUT2D eigenvalue weighted by Crippen LogP contribution is 2.19. The van der Waals surface area contributed by atoms with Gasteiger partial charge < -0.3 is 10.5 Å². The Hall–Kier alpha value is -2.70. The molecule has 2 rings (SSSR count). The molecular formula is C12H13N5O2. The van der Waals surface area contributed by atoms with Gasteiger partial charge in [-0.3, -0.25) is 10.1 Å². The van der Waals surface area contributed by atoms with Crippen LogP contribution in [0.1, 0.15) is 17.3 Å². The Labute approximate surface area is 109 Å². The first kappa shape index (κ1) is 12.7. The number of rotatable bonds is 4. The van der Waals surface area contributed by atoms with Gasteiger partial charge in [-0.15, -0.1) is 5.10 Å². The van der Waals surface area contributed by atoms with Gasteiger partial charge in [0.05, 0.1) is 19.0 Å². The van der Waals surface area contributed by atoms with Crippen molar-refractivity contribution in [2.45, 2.75) is 6.92 Å². The molecule has 19 heavy (non-hydrogen) atoms. The van der Waals surface area contributed by atoms with Crippen LogP contribution in [0.3, 0.4) is 0 Å². The molecule has 0 fully saturated rings. The molecule has 1 heterocycles. The lowest BCUT2D eigenvalue weighted by Gasteiger charge is -2.08. The molecule has 1 amide bonds. The van der Waals surface area contributed by atoms with Gasteiger partial charge in [-0.25, -0.2) is 4.98 Å². The van der Waals surface area contributed by atoms with Gasteiger partial charge in [-0.2, -0.15) is 5.10 Å². The summed E-state index contributed by atoms with van der Waals surface area (Å²) < 4.78 is 5.32. The fourth-order valence-corrected chi connectivity index (χ4v) is 1.48. The minimum absolute atomic E-state index is 0.132. The maximum absolute atomic E-state index is 12.0. The van der Waals surface area contributed by atoms with E-state index >= 15 is 0 Å². The van der Waals surface area contributed by atoms with Crippen LogP contribution in [-0.4, -0.2) is 27.7 Å². The number of benzene rings is 1. The summed E-state index contributed by atoms with van der Waals surface area (Å²) in [4.78, 5) is 15.9. The number of nitrogens with zero attached hydrogens (tertiary/aromatic N) is 3. The molecule has 0 saturated carbocycles. The van der Waals surface area contributed by atoms with Crippen molar-refractivity contribution in [3.63, 3.8) is 0 Å². The van der Waals surface area contributed by atoms with E-state index in [4.69, 9.17) is 10.5 Å². The normalized spacial score (nSPS) is 9.95. The van der Waals surface area contributed by atoms with Crippen LogP contribution >= 0.6 is 0 Å². The third-order valence-corrected chi connectivity index (χ3v) is 2.21. The Balaban J connectivity index is 2.19. The molecule has 0 saturated heterocycles. The predicted molar refractivity (Wildman–Crippen MR) is 69.8 cm³/mol. The molecule has 98 valence electrons. The zero-order valence-corrected chi connectivity index (χ0v) is 10.3. The maximum atomic E-state index is 12.0. The maximum Gasteiger partial charge on any atom is 0.258 e. The van der Waals surface area contributed by atoms with Crippen molar-refractivity contribution in [3.05, 3.63) is 36.2 Å². The van der Waals surface area contributed by atoms with Gasteiger partial charge in [0.15, 0.2) is 0 Å².